The van der Waals surface area contributed by atoms with E-state index in [-0.39, 0.29) is 0 Å². The molecular weight excluding hydrogens is 232 g/mol. The fraction of sp³-hybridized carbons (Fsp3) is 1.00. The van der Waals surface area contributed by atoms with Gasteiger partial charge in [-0.15, -0.1) is 0 Å². The summed E-state index contributed by atoms with van der Waals surface area (Å²) >= 11 is 0. The van der Waals surface area contributed by atoms with Gasteiger partial charge in [0.15, 0.2) is 0 Å². The molecule has 0 saturated carbocycles. The lowest BCUT2D eigenvalue weighted by molar-refractivity contribution is 0.191. The molecule has 0 aliphatic carbocycles. The maximum atomic E-state index is 3.55. The van der Waals surface area contributed by atoms with E-state index in [4.69, 9.17) is 0 Å². The van der Waals surface area contributed by atoms with E-state index < -0.39 is 0 Å². The molecule has 0 aromatic rings. The quantitative estimate of drug-likeness (QED) is 0.502. The van der Waals surface area contributed by atoms with Gasteiger partial charge in [0.05, 0.1) is 0 Å². The monoisotopic (exact) mass is 270 g/mol. The normalized spacial score (nSPS) is 13.4. The van der Waals surface area contributed by atoms with E-state index in [1.807, 2.05) is 0 Å². The molecule has 1 atom stereocenters. The number of nitrogens with zero attached hydrogens (tertiary/aromatic N) is 1. The van der Waals surface area contributed by atoms with Gasteiger partial charge < -0.3 is 10.2 Å². The average Bonchev–Trinajstić information content (AvgIpc) is 2.38. The lowest BCUT2D eigenvalue weighted by atomic mass is 10.1. The Morgan fingerprint density at radius 3 is 1.95 bits per heavy atom. The summed E-state index contributed by atoms with van der Waals surface area (Å²) in [6.45, 7) is 16.4. The van der Waals surface area contributed by atoms with Crippen LogP contribution in [0.15, 0.2) is 0 Å². The molecule has 0 fully saturated rings. The van der Waals surface area contributed by atoms with Crippen molar-refractivity contribution in [3.63, 3.8) is 0 Å². The predicted octanol–water partition coefficient (Wildman–Crippen LogP) is 4.30. The molecule has 0 aliphatic heterocycles. The summed E-state index contributed by atoms with van der Waals surface area (Å²) in [5.41, 5.74) is 0. The Bertz CT molecular complexity index is 172. The summed E-state index contributed by atoms with van der Waals surface area (Å²) in [4.78, 5) is 2.70. The maximum Gasteiger partial charge on any atom is 0.00674 e. The summed E-state index contributed by atoms with van der Waals surface area (Å²) in [7, 11) is 0. The van der Waals surface area contributed by atoms with Gasteiger partial charge >= 0.3 is 0 Å². The number of hydrogen-bond acceptors (Lipinski definition) is 2. The minimum absolute atomic E-state index is 0.749. The number of nitrogens with one attached hydrogen (secondary N) is 1. The summed E-state index contributed by atoms with van der Waals surface area (Å²) in [6.07, 6.45) is 7.96. The molecule has 0 saturated heterocycles. The Labute approximate surface area is 122 Å². The highest BCUT2D eigenvalue weighted by atomic mass is 15.1. The lowest BCUT2D eigenvalue weighted by Gasteiger charge is -2.29. The van der Waals surface area contributed by atoms with Crippen molar-refractivity contribution >= 4 is 0 Å². The van der Waals surface area contributed by atoms with Gasteiger partial charge in [0, 0.05) is 6.04 Å². The molecule has 116 valence electrons. The Kier molecular flexibility index (Phi) is 12.9. The zero-order chi connectivity index (χ0) is 14.5. The van der Waals surface area contributed by atoms with Crippen molar-refractivity contribution in [2.75, 3.05) is 26.2 Å². The Balaban J connectivity index is 3.78. The van der Waals surface area contributed by atoms with Crippen LogP contribution in [0.3, 0.4) is 0 Å². The van der Waals surface area contributed by atoms with Gasteiger partial charge in [-0.3, -0.25) is 0 Å². The topological polar surface area (TPSA) is 15.3 Å². The van der Waals surface area contributed by atoms with E-state index >= 15 is 0 Å². The van der Waals surface area contributed by atoms with E-state index in [0.717, 1.165) is 18.5 Å². The molecule has 0 spiro atoms. The molecule has 0 aromatic heterocycles. The number of unbranched alkanes of at least 4 members (excludes halogenated alkanes) is 2. The molecule has 0 rings (SSSR count). The second-order valence-electron chi connectivity index (χ2n) is 6.33. The van der Waals surface area contributed by atoms with E-state index in [1.54, 1.807) is 0 Å². The van der Waals surface area contributed by atoms with Crippen molar-refractivity contribution in [3.05, 3.63) is 0 Å². The Morgan fingerprint density at radius 1 is 0.895 bits per heavy atom. The van der Waals surface area contributed by atoms with Crippen LogP contribution in [0.4, 0.5) is 0 Å². The standard InChI is InChI=1S/C17H38N2/c1-6-8-13-19(14-9-7-2)17(5)11-10-12-18-15-16(3)4/h16-18H,6-15H2,1-5H3. The molecule has 0 heterocycles. The van der Waals surface area contributed by atoms with Crippen LogP contribution in [0, 0.1) is 5.92 Å². The van der Waals surface area contributed by atoms with Crippen LogP contribution < -0.4 is 5.32 Å². The highest BCUT2D eigenvalue weighted by Crippen LogP contribution is 2.09. The molecule has 0 radical (unpaired) electrons. The van der Waals surface area contributed by atoms with Gasteiger partial charge in [-0.2, -0.15) is 0 Å². The third kappa shape index (κ3) is 11.4. The van der Waals surface area contributed by atoms with Gasteiger partial charge in [0.1, 0.15) is 0 Å². The second-order valence-corrected chi connectivity index (χ2v) is 6.33. The van der Waals surface area contributed by atoms with E-state index in [0.29, 0.717) is 0 Å². The third-order valence-electron chi connectivity index (χ3n) is 3.75. The molecular formula is C17H38N2. The van der Waals surface area contributed by atoms with Gasteiger partial charge in [0.2, 0.25) is 0 Å². The molecule has 2 nitrogen and oxygen atoms in total. The first-order chi connectivity index (χ1) is 9.11. The fourth-order valence-electron chi connectivity index (χ4n) is 2.37. The fourth-order valence-corrected chi connectivity index (χ4v) is 2.37. The van der Waals surface area contributed by atoms with Crippen molar-refractivity contribution in [2.45, 2.75) is 79.2 Å². The molecule has 2 heteroatoms. The van der Waals surface area contributed by atoms with Crippen LogP contribution in [0.2, 0.25) is 0 Å². The van der Waals surface area contributed by atoms with Crippen LogP contribution in [0.5, 0.6) is 0 Å². The molecule has 0 bridgehead atoms. The maximum absolute atomic E-state index is 3.55. The van der Waals surface area contributed by atoms with E-state index in [2.05, 4.69) is 44.8 Å². The van der Waals surface area contributed by atoms with Gasteiger partial charge in [-0.25, -0.2) is 0 Å². The first-order valence-corrected chi connectivity index (χ1v) is 8.56. The molecule has 0 amide bonds. The van der Waals surface area contributed by atoms with Crippen molar-refractivity contribution in [2.24, 2.45) is 5.92 Å². The third-order valence-corrected chi connectivity index (χ3v) is 3.75. The van der Waals surface area contributed by atoms with Gasteiger partial charge in [-0.05, 0) is 64.7 Å². The van der Waals surface area contributed by atoms with Crippen LogP contribution >= 0.6 is 0 Å². The van der Waals surface area contributed by atoms with Crippen LogP contribution in [0.25, 0.3) is 0 Å². The number of hydrogen-bond donors (Lipinski definition) is 1. The average molecular weight is 271 g/mol. The zero-order valence-corrected chi connectivity index (χ0v) is 14.2. The Hall–Kier alpha value is -0.0800. The van der Waals surface area contributed by atoms with Crippen molar-refractivity contribution in [3.8, 4) is 0 Å². The largest absolute Gasteiger partial charge is 0.316 e. The SMILES string of the molecule is CCCCN(CCCC)C(C)CCCNCC(C)C. The minimum Gasteiger partial charge on any atom is -0.316 e. The summed E-state index contributed by atoms with van der Waals surface area (Å²) in [6, 6.07) is 0.749. The summed E-state index contributed by atoms with van der Waals surface area (Å²) in [5.74, 6) is 0.767. The van der Waals surface area contributed by atoms with Crippen LogP contribution in [-0.4, -0.2) is 37.1 Å². The highest BCUT2D eigenvalue weighted by Gasteiger charge is 2.12. The molecule has 1 unspecified atom stereocenters. The molecule has 19 heavy (non-hydrogen) atoms. The van der Waals surface area contributed by atoms with Gasteiger partial charge in [0.25, 0.3) is 0 Å². The predicted molar refractivity (Wildman–Crippen MR) is 87.8 cm³/mol. The highest BCUT2D eigenvalue weighted by molar-refractivity contribution is 4.68. The van der Waals surface area contributed by atoms with Crippen LogP contribution in [-0.2, 0) is 0 Å². The summed E-state index contributed by atoms with van der Waals surface area (Å²) < 4.78 is 0. The molecule has 0 aliphatic rings. The van der Waals surface area contributed by atoms with E-state index in [1.165, 1.54) is 58.2 Å². The Morgan fingerprint density at radius 2 is 1.47 bits per heavy atom. The molecule has 0 aromatic carbocycles. The second kappa shape index (κ2) is 12.9. The zero-order valence-electron chi connectivity index (χ0n) is 14.2. The molecule has 1 N–H and O–H groups in total. The minimum atomic E-state index is 0.749. The van der Waals surface area contributed by atoms with Gasteiger partial charge in [-0.1, -0.05) is 40.5 Å². The first-order valence-electron chi connectivity index (χ1n) is 8.56. The van der Waals surface area contributed by atoms with Crippen molar-refractivity contribution < 1.29 is 0 Å². The number of rotatable bonds is 13. The van der Waals surface area contributed by atoms with Crippen molar-refractivity contribution in [1.82, 2.24) is 10.2 Å². The lowest BCUT2D eigenvalue weighted by Crippen LogP contribution is -2.35. The van der Waals surface area contributed by atoms with Crippen LogP contribution in [0.1, 0.15) is 73.1 Å². The summed E-state index contributed by atoms with van der Waals surface area (Å²) in [5, 5.41) is 3.55. The van der Waals surface area contributed by atoms with E-state index in [9.17, 15) is 0 Å². The van der Waals surface area contributed by atoms with Crippen molar-refractivity contribution in [1.29, 1.82) is 0 Å². The first kappa shape index (κ1) is 18.9. The smallest absolute Gasteiger partial charge is 0.00674 e.